The normalized spacial score (nSPS) is 17.7. The van der Waals surface area contributed by atoms with Crippen molar-refractivity contribution in [3.05, 3.63) is 29.8 Å². The van der Waals surface area contributed by atoms with Crippen LogP contribution < -0.4 is 5.32 Å². The minimum atomic E-state index is -0.999. The number of carbonyl (C=O) groups is 2. The molecule has 2 rings (SSSR count). The molecule has 0 saturated carbocycles. The van der Waals surface area contributed by atoms with E-state index in [4.69, 9.17) is 0 Å². The van der Waals surface area contributed by atoms with Gasteiger partial charge in [0.2, 0.25) is 5.91 Å². The van der Waals surface area contributed by atoms with Crippen LogP contribution in [0.15, 0.2) is 29.2 Å². The van der Waals surface area contributed by atoms with Crippen LogP contribution in [-0.4, -0.2) is 29.8 Å². The number of methoxy groups -OCH3 is 1. The quantitative estimate of drug-likeness (QED) is 0.857. The van der Waals surface area contributed by atoms with Crippen LogP contribution in [0.4, 0.5) is 0 Å². The Balaban J connectivity index is 2.02. The van der Waals surface area contributed by atoms with E-state index in [0.29, 0.717) is 6.42 Å². The number of hydrogen-bond donors (Lipinski definition) is 1. The molecule has 1 aromatic carbocycles. The molecule has 0 aliphatic carbocycles. The van der Waals surface area contributed by atoms with Gasteiger partial charge in [0.25, 0.3) is 0 Å². The van der Waals surface area contributed by atoms with Gasteiger partial charge in [-0.25, -0.2) is 4.79 Å². The van der Waals surface area contributed by atoms with Crippen LogP contribution in [0.3, 0.4) is 0 Å². The van der Waals surface area contributed by atoms with E-state index >= 15 is 0 Å². The Morgan fingerprint density at radius 2 is 2.05 bits per heavy atom. The highest BCUT2D eigenvalue weighted by Crippen LogP contribution is 2.36. The first-order chi connectivity index (χ1) is 8.94. The van der Waals surface area contributed by atoms with Crippen molar-refractivity contribution in [3.8, 4) is 0 Å². The molecule has 1 atom stereocenters. The summed E-state index contributed by atoms with van der Waals surface area (Å²) in [7, 11) is 1.32. The van der Waals surface area contributed by atoms with Gasteiger partial charge in [-0.05, 0) is 31.9 Å². The fraction of sp³-hybridized carbons (Fsp3) is 0.429. The zero-order valence-corrected chi connectivity index (χ0v) is 12.0. The van der Waals surface area contributed by atoms with Gasteiger partial charge in [-0.1, -0.05) is 18.2 Å². The van der Waals surface area contributed by atoms with E-state index in [1.165, 1.54) is 12.7 Å². The van der Waals surface area contributed by atoms with Crippen molar-refractivity contribution in [3.63, 3.8) is 0 Å². The molecular weight excluding hydrogens is 262 g/mol. The highest BCUT2D eigenvalue weighted by molar-refractivity contribution is 8.01. The van der Waals surface area contributed by atoms with Crippen molar-refractivity contribution < 1.29 is 14.3 Å². The molecule has 1 amide bonds. The first-order valence-electron chi connectivity index (χ1n) is 6.09. The van der Waals surface area contributed by atoms with Crippen LogP contribution >= 0.6 is 11.8 Å². The number of amides is 1. The Morgan fingerprint density at radius 3 is 2.68 bits per heavy atom. The molecule has 5 heteroatoms. The number of rotatable bonds is 3. The maximum Gasteiger partial charge on any atom is 0.330 e. The molecule has 4 nitrogen and oxygen atoms in total. The van der Waals surface area contributed by atoms with E-state index in [0.717, 1.165) is 4.90 Å². The maximum atomic E-state index is 12.2. The largest absolute Gasteiger partial charge is 0.467 e. The lowest BCUT2D eigenvalue weighted by molar-refractivity contribution is -0.149. The SMILES string of the molecule is COC(=O)C(C)(C)NC(=O)[C@@H]1Cc2ccccc2S1. The molecule has 1 aliphatic rings. The van der Waals surface area contributed by atoms with Crippen molar-refractivity contribution in [1.82, 2.24) is 5.32 Å². The summed E-state index contributed by atoms with van der Waals surface area (Å²) in [4.78, 5) is 24.9. The fourth-order valence-electron chi connectivity index (χ4n) is 2.02. The van der Waals surface area contributed by atoms with Gasteiger partial charge >= 0.3 is 5.97 Å². The van der Waals surface area contributed by atoms with Gasteiger partial charge < -0.3 is 10.1 Å². The predicted molar refractivity (Wildman–Crippen MR) is 74.0 cm³/mol. The molecule has 0 aromatic heterocycles. The van der Waals surface area contributed by atoms with Crippen LogP contribution in [0.2, 0.25) is 0 Å². The van der Waals surface area contributed by atoms with Gasteiger partial charge in [0.05, 0.1) is 12.4 Å². The number of esters is 1. The number of thioether (sulfide) groups is 1. The monoisotopic (exact) mass is 279 g/mol. The number of nitrogens with one attached hydrogen (secondary N) is 1. The molecule has 0 fully saturated rings. The van der Waals surface area contributed by atoms with E-state index in [1.54, 1.807) is 25.6 Å². The summed E-state index contributed by atoms with van der Waals surface area (Å²) in [6.07, 6.45) is 0.698. The van der Waals surface area contributed by atoms with Crippen LogP contribution in [0, 0.1) is 0 Å². The van der Waals surface area contributed by atoms with Crippen LogP contribution in [0.5, 0.6) is 0 Å². The molecule has 1 N–H and O–H groups in total. The predicted octanol–water partition coefficient (Wildman–Crippen LogP) is 1.77. The van der Waals surface area contributed by atoms with E-state index < -0.39 is 11.5 Å². The van der Waals surface area contributed by atoms with Gasteiger partial charge in [-0.3, -0.25) is 4.79 Å². The molecule has 102 valence electrons. The first kappa shape index (κ1) is 13.9. The topological polar surface area (TPSA) is 55.4 Å². The zero-order chi connectivity index (χ0) is 14.0. The zero-order valence-electron chi connectivity index (χ0n) is 11.2. The number of fused-ring (bicyclic) bond motifs is 1. The molecule has 0 radical (unpaired) electrons. The van der Waals surface area contributed by atoms with E-state index in [-0.39, 0.29) is 11.2 Å². The smallest absolute Gasteiger partial charge is 0.330 e. The summed E-state index contributed by atoms with van der Waals surface area (Å²) in [5, 5.41) is 2.57. The number of carbonyl (C=O) groups excluding carboxylic acids is 2. The molecule has 1 aliphatic heterocycles. The van der Waals surface area contributed by atoms with Gasteiger partial charge in [-0.2, -0.15) is 0 Å². The van der Waals surface area contributed by atoms with Crippen molar-refractivity contribution in [2.24, 2.45) is 0 Å². The minimum absolute atomic E-state index is 0.128. The van der Waals surface area contributed by atoms with Crippen LogP contribution in [0.25, 0.3) is 0 Å². The van der Waals surface area contributed by atoms with Crippen molar-refractivity contribution in [1.29, 1.82) is 0 Å². The third-order valence-corrected chi connectivity index (χ3v) is 4.39. The number of hydrogen-bond acceptors (Lipinski definition) is 4. The van der Waals surface area contributed by atoms with E-state index in [1.807, 2.05) is 24.3 Å². The molecule has 19 heavy (non-hydrogen) atoms. The van der Waals surface area contributed by atoms with Gasteiger partial charge in [0.1, 0.15) is 5.54 Å². The summed E-state index contributed by atoms with van der Waals surface area (Å²) in [6, 6.07) is 7.97. The van der Waals surface area contributed by atoms with Gasteiger partial charge in [0.15, 0.2) is 0 Å². The third-order valence-electron chi connectivity index (χ3n) is 3.07. The average Bonchev–Trinajstić information content (AvgIpc) is 2.81. The van der Waals surface area contributed by atoms with Crippen molar-refractivity contribution >= 4 is 23.6 Å². The fourth-order valence-corrected chi connectivity index (χ4v) is 3.22. The Kier molecular flexibility index (Phi) is 3.85. The molecule has 1 aromatic rings. The second kappa shape index (κ2) is 5.25. The maximum absolute atomic E-state index is 12.2. The van der Waals surface area contributed by atoms with E-state index in [9.17, 15) is 9.59 Å². The second-order valence-corrected chi connectivity index (χ2v) is 6.27. The van der Waals surface area contributed by atoms with E-state index in [2.05, 4.69) is 10.1 Å². The Morgan fingerprint density at radius 1 is 1.37 bits per heavy atom. The lowest BCUT2D eigenvalue weighted by Gasteiger charge is -2.24. The number of ether oxygens (including phenoxy) is 1. The van der Waals surface area contributed by atoms with Gasteiger partial charge in [-0.15, -0.1) is 11.8 Å². The second-order valence-electron chi connectivity index (χ2n) is 5.02. The van der Waals surface area contributed by atoms with Crippen molar-refractivity contribution in [2.75, 3.05) is 7.11 Å². The summed E-state index contributed by atoms with van der Waals surface area (Å²) in [6.45, 7) is 3.28. The van der Waals surface area contributed by atoms with Crippen LogP contribution in [0.1, 0.15) is 19.4 Å². The molecule has 0 spiro atoms. The Hall–Kier alpha value is -1.49. The lowest BCUT2D eigenvalue weighted by atomic mass is 10.0. The molecule has 1 heterocycles. The lowest BCUT2D eigenvalue weighted by Crippen LogP contribution is -2.52. The highest BCUT2D eigenvalue weighted by atomic mass is 32.2. The Labute approximate surface area is 116 Å². The molecular formula is C14H17NO3S. The Bertz CT molecular complexity index is 488. The molecule has 0 unspecified atom stereocenters. The molecule has 0 saturated heterocycles. The highest BCUT2D eigenvalue weighted by Gasteiger charge is 2.35. The summed E-state index contributed by atoms with van der Waals surface area (Å²) in [5.41, 5.74) is 0.185. The summed E-state index contributed by atoms with van der Waals surface area (Å²) in [5.74, 6) is -0.571. The van der Waals surface area contributed by atoms with Crippen LogP contribution in [-0.2, 0) is 20.7 Å². The first-order valence-corrected chi connectivity index (χ1v) is 6.97. The number of benzene rings is 1. The average molecular weight is 279 g/mol. The summed E-state index contributed by atoms with van der Waals surface area (Å²) < 4.78 is 4.68. The standard InChI is InChI=1S/C14H17NO3S/c1-14(2,13(17)18-3)15-12(16)11-8-9-6-4-5-7-10(9)19-11/h4-7,11H,8H2,1-3H3,(H,15,16)/t11-/m0/s1. The summed E-state index contributed by atoms with van der Waals surface area (Å²) >= 11 is 1.54. The molecule has 0 bridgehead atoms. The van der Waals surface area contributed by atoms with Gasteiger partial charge in [0, 0.05) is 4.90 Å². The van der Waals surface area contributed by atoms with Crippen molar-refractivity contribution in [2.45, 2.75) is 36.0 Å². The minimum Gasteiger partial charge on any atom is -0.467 e. The third kappa shape index (κ3) is 2.92.